The van der Waals surface area contributed by atoms with Gasteiger partial charge in [-0.25, -0.2) is 0 Å². The van der Waals surface area contributed by atoms with Gasteiger partial charge >= 0.3 is 5.97 Å². The van der Waals surface area contributed by atoms with Crippen LogP contribution in [-0.2, 0) is 4.79 Å². The van der Waals surface area contributed by atoms with Crippen LogP contribution >= 0.6 is 0 Å². The lowest BCUT2D eigenvalue weighted by Crippen LogP contribution is -2.22. The Morgan fingerprint density at radius 1 is 1.35 bits per heavy atom. The van der Waals surface area contributed by atoms with Crippen molar-refractivity contribution in [2.24, 2.45) is 5.92 Å². The van der Waals surface area contributed by atoms with Crippen molar-refractivity contribution in [3.63, 3.8) is 0 Å². The van der Waals surface area contributed by atoms with Crippen molar-refractivity contribution >= 4 is 5.97 Å². The number of aliphatic hydroxyl groups excluding tert-OH is 1. The molecule has 0 radical (unpaired) electrons. The van der Waals surface area contributed by atoms with Crippen LogP contribution in [0.4, 0.5) is 0 Å². The minimum atomic E-state index is -0.978. The monoisotopic (exact) mass is 240 g/mol. The molecular weight excluding hydrogens is 224 g/mol. The lowest BCUT2D eigenvalue weighted by Gasteiger charge is -2.14. The Bertz CT molecular complexity index is 364. The molecule has 2 N–H and O–H groups in total. The standard InChI is InChI=1S/C12H16O5/c1-16-10-4-2-3-5-11(10)17-8-9(6-7-13)12(14)15/h2-5,9,13H,6-8H2,1H3,(H,14,15). The minimum Gasteiger partial charge on any atom is -0.493 e. The van der Waals surface area contributed by atoms with E-state index in [1.807, 2.05) is 0 Å². The third kappa shape index (κ3) is 3.96. The SMILES string of the molecule is COc1ccccc1OCC(CCO)C(=O)O. The molecular formula is C12H16O5. The summed E-state index contributed by atoms with van der Waals surface area (Å²) in [6, 6.07) is 7.02. The van der Waals surface area contributed by atoms with Crippen LogP contribution in [-0.4, -0.2) is 36.5 Å². The second-order valence-corrected chi connectivity index (χ2v) is 3.51. The molecule has 0 aliphatic carbocycles. The summed E-state index contributed by atoms with van der Waals surface area (Å²) in [5, 5.41) is 17.6. The molecule has 0 aliphatic rings. The van der Waals surface area contributed by atoms with Gasteiger partial charge in [-0.05, 0) is 18.6 Å². The molecule has 5 nitrogen and oxygen atoms in total. The van der Waals surface area contributed by atoms with E-state index in [1.54, 1.807) is 24.3 Å². The molecule has 1 rings (SSSR count). The van der Waals surface area contributed by atoms with Gasteiger partial charge in [-0.1, -0.05) is 12.1 Å². The van der Waals surface area contributed by atoms with Gasteiger partial charge in [0.05, 0.1) is 13.0 Å². The van der Waals surface area contributed by atoms with Gasteiger partial charge in [-0.15, -0.1) is 0 Å². The van der Waals surface area contributed by atoms with Crippen LogP contribution in [0.25, 0.3) is 0 Å². The molecule has 0 saturated carbocycles. The number of aliphatic carboxylic acids is 1. The predicted octanol–water partition coefficient (Wildman–Crippen LogP) is 1.16. The van der Waals surface area contributed by atoms with Gasteiger partial charge in [0.1, 0.15) is 6.61 Å². The Hall–Kier alpha value is -1.75. The van der Waals surface area contributed by atoms with Crippen molar-refractivity contribution in [3.05, 3.63) is 24.3 Å². The van der Waals surface area contributed by atoms with Crippen LogP contribution < -0.4 is 9.47 Å². The number of aliphatic hydroxyl groups is 1. The number of hydrogen-bond acceptors (Lipinski definition) is 4. The zero-order chi connectivity index (χ0) is 12.7. The Kier molecular flexibility index (Phi) is 5.29. The lowest BCUT2D eigenvalue weighted by atomic mass is 10.1. The highest BCUT2D eigenvalue weighted by atomic mass is 16.5. The number of rotatable bonds is 7. The van der Waals surface area contributed by atoms with E-state index in [0.717, 1.165) is 0 Å². The summed E-state index contributed by atoms with van der Waals surface area (Å²) in [6.07, 6.45) is 0.171. The fourth-order valence-corrected chi connectivity index (χ4v) is 1.36. The molecule has 0 amide bonds. The average molecular weight is 240 g/mol. The molecule has 17 heavy (non-hydrogen) atoms. The highest BCUT2D eigenvalue weighted by molar-refractivity contribution is 5.70. The van der Waals surface area contributed by atoms with Crippen molar-refractivity contribution in [2.45, 2.75) is 6.42 Å². The topological polar surface area (TPSA) is 76.0 Å². The van der Waals surface area contributed by atoms with Gasteiger partial charge < -0.3 is 19.7 Å². The summed E-state index contributed by atoms with van der Waals surface area (Å²) in [5.74, 6) is -0.640. The molecule has 1 atom stereocenters. The maximum Gasteiger partial charge on any atom is 0.310 e. The Morgan fingerprint density at radius 2 is 2.00 bits per heavy atom. The van der Waals surface area contributed by atoms with Gasteiger partial charge in [0, 0.05) is 6.61 Å². The smallest absolute Gasteiger partial charge is 0.310 e. The van der Waals surface area contributed by atoms with Crippen LogP contribution in [0.2, 0.25) is 0 Å². The van der Waals surface area contributed by atoms with E-state index in [9.17, 15) is 4.79 Å². The third-order valence-electron chi connectivity index (χ3n) is 2.34. The number of para-hydroxylation sites is 2. The van der Waals surface area contributed by atoms with Crippen LogP contribution in [0.1, 0.15) is 6.42 Å². The molecule has 0 aliphatic heterocycles. The van der Waals surface area contributed by atoms with E-state index in [0.29, 0.717) is 11.5 Å². The number of carbonyl (C=O) groups is 1. The van der Waals surface area contributed by atoms with Crippen LogP contribution in [0.15, 0.2) is 24.3 Å². The van der Waals surface area contributed by atoms with E-state index in [2.05, 4.69) is 0 Å². The molecule has 1 aromatic carbocycles. The van der Waals surface area contributed by atoms with Crippen molar-refractivity contribution in [2.75, 3.05) is 20.3 Å². The number of ether oxygens (including phenoxy) is 2. The summed E-state index contributed by atoms with van der Waals surface area (Å²) in [5.41, 5.74) is 0. The Labute approximate surface area is 99.6 Å². The zero-order valence-corrected chi connectivity index (χ0v) is 9.63. The first-order valence-corrected chi connectivity index (χ1v) is 5.28. The predicted molar refractivity (Wildman–Crippen MR) is 61.3 cm³/mol. The van der Waals surface area contributed by atoms with Crippen molar-refractivity contribution in [1.82, 2.24) is 0 Å². The van der Waals surface area contributed by atoms with Crippen LogP contribution in [0.5, 0.6) is 11.5 Å². The van der Waals surface area contributed by atoms with E-state index in [-0.39, 0.29) is 19.6 Å². The highest BCUT2D eigenvalue weighted by Gasteiger charge is 2.18. The molecule has 0 aromatic heterocycles. The third-order valence-corrected chi connectivity index (χ3v) is 2.34. The fourth-order valence-electron chi connectivity index (χ4n) is 1.36. The molecule has 1 aromatic rings. The molecule has 0 saturated heterocycles. The molecule has 0 spiro atoms. The summed E-state index contributed by atoms with van der Waals surface area (Å²) >= 11 is 0. The number of carboxylic acids is 1. The van der Waals surface area contributed by atoms with Crippen LogP contribution in [0.3, 0.4) is 0 Å². The molecule has 0 fully saturated rings. The molecule has 94 valence electrons. The largest absolute Gasteiger partial charge is 0.493 e. The second kappa shape index (κ2) is 6.75. The molecule has 1 unspecified atom stereocenters. The minimum absolute atomic E-state index is 0.0102. The van der Waals surface area contributed by atoms with E-state index in [4.69, 9.17) is 19.7 Å². The first-order valence-electron chi connectivity index (χ1n) is 5.28. The normalized spacial score (nSPS) is 11.9. The van der Waals surface area contributed by atoms with Crippen LogP contribution in [0, 0.1) is 5.92 Å². The van der Waals surface area contributed by atoms with Crippen molar-refractivity contribution in [3.8, 4) is 11.5 Å². The number of benzene rings is 1. The van der Waals surface area contributed by atoms with Gasteiger partial charge in [-0.2, -0.15) is 0 Å². The maximum absolute atomic E-state index is 10.8. The number of methoxy groups -OCH3 is 1. The van der Waals surface area contributed by atoms with E-state index >= 15 is 0 Å². The Balaban J connectivity index is 2.61. The fraction of sp³-hybridized carbons (Fsp3) is 0.417. The lowest BCUT2D eigenvalue weighted by molar-refractivity contribution is -0.143. The maximum atomic E-state index is 10.8. The van der Waals surface area contributed by atoms with Crippen molar-refractivity contribution in [1.29, 1.82) is 0 Å². The zero-order valence-electron chi connectivity index (χ0n) is 9.63. The van der Waals surface area contributed by atoms with E-state index in [1.165, 1.54) is 7.11 Å². The Morgan fingerprint density at radius 3 is 2.53 bits per heavy atom. The number of hydrogen-bond donors (Lipinski definition) is 2. The van der Waals surface area contributed by atoms with E-state index < -0.39 is 11.9 Å². The van der Waals surface area contributed by atoms with Gasteiger partial charge in [-0.3, -0.25) is 4.79 Å². The second-order valence-electron chi connectivity index (χ2n) is 3.51. The number of carboxylic acid groups (broad SMARTS) is 1. The van der Waals surface area contributed by atoms with Crippen molar-refractivity contribution < 1.29 is 24.5 Å². The molecule has 0 bridgehead atoms. The van der Waals surface area contributed by atoms with Gasteiger partial charge in [0.2, 0.25) is 0 Å². The van der Waals surface area contributed by atoms with Gasteiger partial charge in [0.25, 0.3) is 0 Å². The summed E-state index contributed by atoms with van der Waals surface area (Å²) in [6.45, 7) is -0.164. The first-order chi connectivity index (χ1) is 8.19. The highest BCUT2D eigenvalue weighted by Crippen LogP contribution is 2.26. The first kappa shape index (κ1) is 13.3. The summed E-state index contributed by atoms with van der Waals surface area (Å²) in [7, 11) is 1.52. The van der Waals surface area contributed by atoms with Gasteiger partial charge in [0.15, 0.2) is 11.5 Å². The molecule has 5 heteroatoms. The quantitative estimate of drug-likeness (QED) is 0.747. The average Bonchev–Trinajstić information content (AvgIpc) is 2.34. The molecule has 0 heterocycles. The summed E-state index contributed by atoms with van der Waals surface area (Å²) < 4.78 is 10.5. The summed E-state index contributed by atoms with van der Waals surface area (Å²) in [4.78, 5) is 10.8.